The third-order valence-electron chi connectivity index (χ3n) is 2.73. The topological polar surface area (TPSA) is 101 Å². The number of aliphatic hydroxyl groups excluding tert-OH is 1. The number of nitro benzene ring substituents is 1. The highest BCUT2D eigenvalue weighted by atomic mass is 16.6. The molecule has 0 aliphatic rings. The number of aliphatic hydroxyl groups is 1. The van der Waals surface area contributed by atoms with E-state index in [0.29, 0.717) is 29.2 Å². The minimum Gasteiger partial charge on any atom is -0.448 e. The second kappa shape index (κ2) is 5.49. The summed E-state index contributed by atoms with van der Waals surface area (Å²) in [5.74, 6) is 0.661. The SMILES string of the molecule is Cc1ocnc1CNc1cc(CO)ccc1[N+](=O)[O-]. The molecule has 0 spiro atoms. The summed E-state index contributed by atoms with van der Waals surface area (Å²) in [6.07, 6.45) is 1.32. The first-order chi connectivity index (χ1) is 9.11. The van der Waals surface area contributed by atoms with Crippen LogP contribution in [-0.2, 0) is 13.2 Å². The molecule has 0 amide bonds. The van der Waals surface area contributed by atoms with Crippen LogP contribution in [-0.4, -0.2) is 15.0 Å². The quantitative estimate of drug-likeness (QED) is 0.632. The van der Waals surface area contributed by atoms with Gasteiger partial charge in [-0.25, -0.2) is 4.98 Å². The van der Waals surface area contributed by atoms with Gasteiger partial charge in [0.2, 0.25) is 0 Å². The molecule has 0 saturated carbocycles. The fraction of sp³-hybridized carbons (Fsp3) is 0.250. The van der Waals surface area contributed by atoms with Crippen LogP contribution in [0.1, 0.15) is 17.0 Å². The third kappa shape index (κ3) is 2.89. The number of hydrogen-bond acceptors (Lipinski definition) is 6. The van der Waals surface area contributed by atoms with Crippen LogP contribution >= 0.6 is 0 Å². The molecular weight excluding hydrogens is 250 g/mol. The highest BCUT2D eigenvalue weighted by Gasteiger charge is 2.14. The van der Waals surface area contributed by atoms with Crippen LogP contribution in [0.15, 0.2) is 29.0 Å². The Labute approximate surface area is 109 Å². The number of nitrogens with one attached hydrogen (secondary N) is 1. The molecule has 0 saturated heterocycles. The smallest absolute Gasteiger partial charge is 0.292 e. The summed E-state index contributed by atoms with van der Waals surface area (Å²) in [4.78, 5) is 14.4. The molecule has 100 valence electrons. The third-order valence-corrected chi connectivity index (χ3v) is 2.73. The predicted molar refractivity (Wildman–Crippen MR) is 67.6 cm³/mol. The number of nitro groups is 1. The van der Waals surface area contributed by atoms with E-state index in [-0.39, 0.29) is 12.3 Å². The summed E-state index contributed by atoms with van der Waals surface area (Å²) < 4.78 is 5.05. The molecular formula is C12H13N3O4. The van der Waals surface area contributed by atoms with E-state index in [2.05, 4.69) is 10.3 Å². The second-order valence-corrected chi connectivity index (χ2v) is 3.98. The number of benzene rings is 1. The normalized spacial score (nSPS) is 10.4. The van der Waals surface area contributed by atoms with Crippen molar-refractivity contribution in [3.8, 4) is 0 Å². The number of nitrogens with zero attached hydrogens (tertiary/aromatic N) is 2. The van der Waals surface area contributed by atoms with Crippen molar-refractivity contribution >= 4 is 11.4 Å². The number of oxazole rings is 1. The number of anilines is 1. The molecule has 0 radical (unpaired) electrons. The van der Waals surface area contributed by atoms with E-state index in [1.165, 1.54) is 18.5 Å². The second-order valence-electron chi connectivity index (χ2n) is 3.98. The highest BCUT2D eigenvalue weighted by molar-refractivity contribution is 5.62. The Bertz CT molecular complexity index is 594. The first-order valence-corrected chi connectivity index (χ1v) is 5.63. The summed E-state index contributed by atoms with van der Waals surface area (Å²) in [5, 5.41) is 22.9. The lowest BCUT2D eigenvalue weighted by Gasteiger charge is -2.07. The maximum atomic E-state index is 10.9. The van der Waals surface area contributed by atoms with Crippen molar-refractivity contribution in [1.82, 2.24) is 4.98 Å². The van der Waals surface area contributed by atoms with Gasteiger partial charge in [-0.1, -0.05) is 0 Å². The highest BCUT2D eigenvalue weighted by Crippen LogP contribution is 2.26. The largest absolute Gasteiger partial charge is 0.448 e. The Morgan fingerprint density at radius 1 is 1.53 bits per heavy atom. The van der Waals surface area contributed by atoms with Crippen LogP contribution in [0.4, 0.5) is 11.4 Å². The number of hydrogen-bond donors (Lipinski definition) is 2. The van der Waals surface area contributed by atoms with Gasteiger partial charge in [0.05, 0.1) is 18.1 Å². The number of rotatable bonds is 5. The van der Waals surface area contributed by atoms with Crippen molar-refractivity contribution in [2.75, 3.05) is 5.32 Å². The van der Waals surface area contributed by atoms with Crippen LogP contribution in [0.2, 0.25) is 0 Å². The first-order valence-electron chi connectivity index (χ1n) is 5.63. The summed E-state index contributed by atoms with van der Waals surface area (Å²) in [7, 11) is 0. The van der Waals surface area contributed by atoms with Crippen molar-refractivity contribution in [3.63, 3.8) is 0 Å². The van der Waals surface area contributed by atoms with Crippen molar-refractivity contribution in [3.05, 3.63) is 51.7 Å². The Morgan fingerprint density at radius 2 is 2.32 bits per heavy atom. The minimum atomic E-state index is -0.473. The lowest BCUT2D eigenvalue weighted by molar-refractivity contribution is -0.384. The Morgan fingerprint density at radius 3 is 2.89 bits per heavy atom. The first kappa shape index (κ1) is 13.0. The summed E-state index contributed by atoms with van der Waals surface area (Å²) >= 11 is 0. The molecule has 0 fully saturated rings. The van der Waals surface area contributed by atoms with Gasteiger partial charge in [0.25, 0.3) is 5.69 Å². The van der Waals surface area contributed by atoms with Gasteiger partial charge < -0.3 is 14.8 Å². The van der Waals surface area contributed by atoms with Crippen molar-refractivity contribution in [2.45, 2.75) is 20.1 Å². The summed E-state index contributed by atoms with van der Waals surface area (Å²) in [6, 6.07) is 4.43. The molecule has 2 aromatic rings. The molecule has 19 heavy (non-hydrogen) atoms. The average Bonchev–Trinajstić information content (AvgIpc) is 2.81. The zero-order valence-electron chi connectivity index (χ0n) is 10.3. The summed E-state index contributed by atoms with van der Waals surface area (Å²) in [6.45, 7) is 1.91. The van der Waals surface area contributed by atoms with E-state index in [1.54, 1.807) is 13.0 Å². The van der Waals surface area contributed by atoms with Crippen LogP contribution in [0.5, 0.6) is 0 Å². The fourth-order valence-electron chi connectivity index (χ4n) is 1.66. The number of aryl methyl sites for hydroxylation is 1. The molecule has 7 heteroatoms. The zero-order chi connectivity index (χ0) is 13.8. The van der Waals surface area contributed by atoms with E-state index in [0.717, 1.165) is 0 Å². The van der Waals surface area contributed by atoms with E-state index in [9.17, 15) is 10.1 Å². The molecule has 1 heterocycles. The maximum absolute atomic E-state index is 10.9. The van der Waals surface area contributed by atoms with Gasteiger partial charge in [-0.3, -0.25) is 10.1 Å². The van der Waals surface area contributed by atoms with Gasteiger partial charge in [-0.2, -0.15) is 0 Å². The predicted octanol–water partition coefficient (Wildman–Crippen LogP) is 2.00. The van der Waals surface area contributed by atoms with E-state index < -0.39 is 4.92 Å². The van der Waals surface area contributed by atoms with Crippen molar-refractivity contribution < 1.29 is 14.4 Å². The average molecular weight is 263 g/mol. The van der Waals surface area contributed by atoms with Crippen LogP contribution in [0, 0.1) is 17.0 Å². The van der Waals surface area contributed by atoms with Gasteiger partial charge in [-0.15, -0.1) is 0 Å². The molecule has 0 unspecified atom stereocenters. The van der Waals surface area contributed by atoms with Gasteiger partial charge in [0.15, 0.2) is 6.39 Å². The van der Waals surface area contributed by atoms with Gasteiger partial charge >= 0.3 is 0 Å². The lowest BCUT2D eigenvalue weighted by atomic mass is 10.2. The van der Waals surface area contributed by atoms with Crippen LogP contribution in [0.3, 0.4) is 0 Å². The monoisotopic (exact) mass is 263 g/mol. The molecule has 7 nitrogen and oxygen atoms in total. The standard InChI is InChI=1S/C12H13N3O4/c1-8-11(14-7-19-8)5-13-10-4-9(6-16)2-3-12(10)15(17)18/h2-4,7,13,16H,5-6H2,1H3. The van der Waals surface area contributed by atoms with Gasteiger partial charge in [0, 0.05) is 6.07 Å². The van der Waals surface area contributed by atoms with Gasteiger partial charge in [0.1, 0.15) is 17.1 Å². The van der Waals surface area contributed by atoms with Crippen LogP contribution < -0.4 is 5.32 Å². The molecule has 2 rings (SSSR count). The zero-order valence-corrected chi connectivity index (χ0v) is 10.3. The molecule has 0 bridgehead atoms. The molecule has 0 aliphatic heterocycles. The van der Waals surface area contributed by atoms with Crippen molar-refractivity contribution in [1.29, 1.82) is 0 Å². The summed E-state index contributed by atoms with van der Waals surface area (Å²) in [5.41, 5.74) is 1.59. The van der Waals surface area contributed by atoms with E-state index >= 15 is 0 Å². The fourth-order valence-corrected chi connectivity index (χ4v) is 1.66. The van der Waals surface area contributed by atoms with Gasteiger partial charge in [-0.05, 0) is 24.6 Å². The van der Waals surface area contributed by atoms with E-state index in [1.807, 2.05) is 0 Å². The molecule has 2 N–H and O–H groups in total. The maximum Gasteiger partial charge on any atom is 0.292 e. The molecule has 1 aromatic carbocycles. The van der Waals surface area contributed by atoms with Crippen molar-refractivity contribution in [2.24, 2.45) is 0 Å². The Hall–Kier alpha value is -2.41. The number of aromatic nitrogens is 1. The molecule has 1 aromatic heterocycles. The van der Waals surface area contributed by atoms with E-state index in [4.69, 9.17) is 9.52 Å². The molecule has 0 atom stereocenters. The molecule has 0 aliphatic carbocycles. The Kier molecular flexibility index (Phi) is 3.76. The lowest BCUT2D eigenvalue weighted by Crippen LogP contribution is -2.04. The minimum absolute atomic E-state index is 0.0432. The Balaban J connectivity index is 2.22. The van der Waals surface area contributed by atoms with Crippen LogP contribution in [0.25, 0.3) is 0 Å².